The Morgan fingerprint density at radius 2 is 1.60 bits per heavy atom. The topological polar surface area (TPSA) is 84.2 Å². The van der Waals surface area contributed by atoms with Gasteiger partial charge in [0.25, 0.3) is 5.91 Å². The Kier molecular flexibility index (Phi) is 11.9. The molecule has 0 atom stereocenters. The zero-order chi connectivity index (χ0) is 33.5. The predicted octanol–water partition coefficient (Wildman–Crippen LogP) is 7.86. The number of carbonyl (C=O) groups excluding carboxylic acids is 3. The van der Waals surface area contributed by atoms with Crippen LogP contribution in [0.3, 0.4) is 0 Å². The number of carbonyl (C=O) groups is 3. The quantitative estimate of drug-likeness (QED) is 0.200. The number of allylic oxidation sites excluding steroid dienone is 4. The number of ether oxygens (including phenoxy) is 1. The molecule has 1 aromatic carbocycles. The molecule has 2 amide bonds. The average Bonchev–Trinajstić information content (AvgIpc) is 3.38. The number of Topliss-reactive ketones (excluding diaryl/α,β-unsaturated/α-hetero) is 1. The molecule has 2 aromatic heterocycles. The predicted molar refractivity (Wildman–Crippen MR) is 182 cm³/mol. The van der Waals surface area contributed by atoms with Crippen LogP contribution in [0.15, 0.2) is 60.3 Å². The van der Waals surface area contributed by atoms with E-state index in [4.69, 9.17) is 9.72 Å². The number of pyridine rings is 1. The molecule has 45 heavy (non-hydrogen) atoms. The molecular formula is C37H50N4O4. The number of aromatic nitrogens is 2. The van der Waals surface area contributed by atoms with E-state index in [2.05, 4.69) is 26.8 Å². The lowest BCUT2D eigenvalue weighted by atomic mass is 9.91. The minimum absolute atomic E-state index is 0.0269. The number of hydrogen-bond donors (Lipinski definition) is 0. The van der Waals surface area contributed by atoms with Crippen LogP contribution < -0.4 is 0 Å². The van der Waals surface area contributed by atoms with Crippen LogP contribution in [0.1, 0.15) is 90.9 Å². The second-order valence-electron chi connectivity index (χ2n) is 12.4. The molecule has 1 saturated heterocycles. The fourth-order valence-corrected chi connectivity index (χ4v) is 5.20. The zero-order valence-electron chi connectivity index (χ0n) is 28.7. The Bertz CT molecular complexity index is 1580. The first-order valence-electron chi connectivity index (χ1n) is 16.1. The van der Waals surface area contributed by atoms with Crippen molar-refractivity contribution < 1.29 is 19.1 Å². The van der Waals surface area contributed by atoms with E-state index < -0.39 is 5.60 Å². The molecule has 8 heteroatoms. The summed E-state index contributed by atoms with van der Waals surface area (Å²) < 4.78 is 7.52. The number of fused-ring (bicyclic) bond motifs is 1. The lowest BCUT2D eigenvalue weighted by molar-refractivity contribution is -0.113. The Hall–Kier alpha value is -4.20. The first-order valence-corrected chi connectivity index (χ1v) is 16.1. The van der Waals surface area contributed by atoms with E-state index in [9.17, 15) is 14.4 Å². The van der Waals surface area contributed by atoms with Crippen molar-refractivity contribution >= 4 is 29.0 Å². The van der Waals surface area contributed by atoms with Crippen molar-refractivity contribution in [2.75, 3.05) is 26.2 Å². The van der Waals surface area contributed by atoms with Crippen molar-refractivity contribution in [2.45, 2.75) is 81.3 Å². The minimum Gasteiger partial charge on any atom is -0.444 e. The molecule has 1 fully saturated rings. The molecule has 0 bridgehead atoms. The van der Waals surface area contributed by atoms with Gasteiger partial charge in [0, 0.05) is 43.5 Å². The van der Waals surface area contributed by atoms with E-state index in [1.807, 2.05) is 94.6 Å². The van der Waals surface area contributed by atoms with Crippen LogP contribution in [0.4, 0.5) is 4.79 Å². The molecule has 0 radical (unpaired) electrons. The van der Waals surface area contributed by atoms with Gasteiger partial charge in [-0.05, 0) is 75.8 Å². The van der Waals surface area contributed by atoms with Gasteiger partial charge in [-0.2, -0.15) is 0 Å². The van der Waals surface area contributed by atoms with Crippen molar-refractivity contribution in [3.05, 3.63) is 77.1 Å². The van der Waals surface area contributed by atoms with Crippen LogP contribution >= 0.6 is 0 Å². The third kappa shape index (κ3) is 8.50. The smallest absolute Gasteiger partial charge is 0.410 e. The molecular weight excluding hydrogens is 564 g/mol. The summed E-state index contributed by atoms with van der Waals surface area (Å²) in [6.07, 6.45) is 6.44. The Balaban J connectivity index is 0.00000271. The van der Waals surface area contributed by atoms with Gasteiger partial charge < -0.3 is 18.9 Å². The zero-order valence-corrected chi connectivity index (χ0v) is 28.7. The highest BCUT2D eigenvalue weighted by Gasteiger charge is 2.28. The second kappa shape index (κ2) is 15.2. The van der Waals surface area contributed by atoms with Crippen molar-refractivity contribution in [3.63, 3.8) is 0 Å². The highest BCUT2D eigenvalue weighted by Crippen LogP contribution is 2.34. The van der Waals surface area contributed by atoms with Gasteiger partial charge in [0.1, 0.15) is 11.2 Å². The average molecular weight is 615 g/mol. The van der Waals surface area contributed by atoms with Gasteiger partial charge in [-0.25, -0.2) is 9.78 Å². The van der Waals surface area contributed by atoms with Gasteiger partial charge in [-0.15, -0.1) is 0 Å². The number of benzene rings is 1. The van der Waals surface area contributed by atoms with Crippen LogP contribution in [0.2, 0.25) is 0 Å². The fourth-order valence-electron chi connectivity index (χ4n) is 5.20. The maximum absolute atomic E-state index is 13.5. The van der Waals surface area contributed by atoms with Crippen LogP contribution in [-0.2, 0) is 16.0 Å². The summed E-state index contributed by atoms with van der Waals surface area (Å²) in [4.78, 5) is 46.9. The van der Waals surface area contributed by atoms with Gasteiger partial charge >= 0.3 is 6.09 Å². The van der Waals surface area contributed by atoms with Crippen LogP contribution in [0.25, 0.3) is 22.5 Å². The summed E-state index contributed by atoms with van der Waals surface area (Å²) in [6.45, 7) is 21.0. The highest BCUT2D eigenvalue weighted by molar-refractivity contribution is 6.04. The maximum Gasteiger partial charge on any atom is 0.410 e. The van der Waals surface area contributed by atoms with E-state index in [0.717, 1.165) is 34.5 Å². The molecule has 0 saturated carbocycles. The molecule has 0 spiro atoms. The molecule has 1 aliphatic heterocycles. The number of imidazole rings is 1. The van der Waals surface area contributed by atoms with Crippen LogP contribution in [0, 0.1) is 5.92 Å². The summed E-state index contributed by atoms with van der Waals surface area (Å²) in [7, 11) is 0. The van der Waals surface area contributed by atoms with E-state index >= 15 is 0 Å². The molecule has 0 aliphatic carbocycles. The third-order valence-corrected chi connectivity index (χ3v) is 7.58. The summed E-state index contributed by atoms with van der Waals surface area (Å²) in [6, 6.07) is 11.7. The first kappa shape index (κ1) is 35.3. The fraction of sp³-hybridized carbons (Fsp3) is 0.459. The van der Waals surface area contributed by atoms with E-state index in [0.29, 0.717) is 48.9 Å². The van der Waals surface area contributed by atoms with E-state index in [1.165, 1.54) is 0 Å². The van der Waals surface area contributed by atoms with Gasteiger partial charge in [-0.3, -0.25) is 9.59 Å². The molecule has 4 rings (SSSR count). The van der Waals surface area contributed by atoms with Crippen molar-refractivity contribution in [1.29, 1.82) is 0 Å². The summed E-state index contributed by atoms with van der Waals surface area (Å²) in [5.74, 6) is 0.272. The maximum atomic E-state index is 13.5. The summed E-state index contributed by atoms with van der Waals surface area (Å²) in [5.41, 5.74) is 6.02. The Morgan fingerprint density at radius 1 is 0.978 bits per heavy atom. The van der Waals surface area contributed by atoms with Gasteiger partial charge in [-0.1, -0.05) is 71.0 Å². The van der Waals surface area contributed by atoms with Crippen molar-refractivity contribution in [2.24, 2.45) is 5.92 Å². The Morgan fingerprint density at radius 3 is 2.18 bits per heavy atom. The second-order valence-corrected chi connectivity index (χ2v) is 12.4. The molecule has 0 N–H and O–H groups in total. The Labute approximate surface area is 268 Å². The number of aryl methyl sites for hydroxylation is 1. The van der Waals surface area contributed by atoms with E-state index in [1.54, 1.807) is 16.7 Å². The molecule has 8 nitrogen and oxygen atoms in total. The molecule has 0 unspecified atom stereocenters. The number of hydrogen-bond acceptors (Lipinski definition) is 5. The van der Waals surface area contributed by atoms with Crippen LogP contribution in [0.5, 0.6) is 0 Å². The van der Waals surface area contributed by atoms with Crippen molar-refractivity contribution in [3.8, 4) is 11.3 Å². The monoisotopic (exact) mass is 614 g/mol. The summed E-state index contributed by atoms with van der Waals surface area (Å²) >= 11 is 0. The number of nitrogens with zero attached hydrogens (tertiary/aromatic N) is 4. The molecule has 3 aromatic rings. The van der Waals surface area contributed by atoms with Crippen molar-refractivity contribution in [1.82, 2.24) is 19.2 Å². The molecule has 3 heterocycles. The lowest BCUT2D eigenvalue weighted by Crippen LogP contribution is -2.51. The third-order valence-electron chi connectivity index (χ3n) is 7.58. The highest BCUT2D eigenvalue weighted by atomic mass is 16.6. The van der Waals surface area contributed by atoms with Gasteiger partial charge in [0.2, 0.25) is 0 Å². The number of rotatable bonds is 7. The normalized spacial score (nSPS) is 14.4. The number of ketones is 1. The number of amides is 2. The minimum atomic E-state index is -0.560. The van der Waals surface area contributed by atoms with Crippen LogP contribution in [-0.4, -0.2) is 68.7 Å². The standard InChI is InChI=1S/C35H44N4O4.C2H6/c1-9-30-32(29-13-11-10-12-28(29)27(15-14-23(2)3)24(4)25(5)40)36-31-22-26(16-17-39(30)31)33(41)37-18-20-38(21-19-37)34(42)43-35(6,7)8;1-2/h10-17,22-23H,9,18-21H2,1-8H3;1-2H3/b15-14-,27-24+;. The molecule has 1 aliphatic rings. The SMILES string of the molecule is CC.CCc1c(-c2ccccc2C(/C=C\C(C)C)=C(\C)C(C)=O)nc2cc(C(=O)N3CCN(C(=O)OC(C)(C)C)CC3)ccn12. The summed E-state index contributed by atoms with van der Waals surface area (Å²) in [5, 5.41) is 0. The van der Waals surface area contributed by atoms with E-state index in [-0.39, 0.29) is 17.8 Å². The first-order chi connectivity index (χ1) is 21.3. The van der Waals surface area contributed by atoms with Gasteiger partial charge in [0.05, 0.1) is 11.4 Å². The lowest BCUT2D eigenvalue weighted by Gasteiger charge is -2.35. The molecule has 242 valence electrons. The van der Waals surface area contributed by atoms with Gasteiger partial charge in [0.15, 0.2) is 5.78 Å². The number of piperazine rings is 1. The largest absolute Gasteiger partial charge is 0.444 e.